The maximum Gasteiger partial charge on any atom is 0.270 e. The van der Waals surface area contributed by atoms with Crippen LogP contribution in [0.1, 0.15) is 29.0 Å². The first kappa shape index (κ1) is 18.4. The highest BCUT2D eigenvalue weighted by molar-refractivity contribution is 5.92. The summed E-state index contributed by atoms with van der Waals surface area (Å²) >= 11 is 0. The Labute approximate surface area is 154 Å². The van der Waals surface area contributed by atoms with Gasteiger partial charge in [-0.05, 0) is 24.6 Å². The Bertz CT molecular complexity index is 685. The fourth-order valence-electron chi connectivity index (χ4n) is 2.91. The molecule has 2 aromatic rings. The predicted molar refractivity (Wildman–Crippen MR) is 102 cm³/mol. The Kier molecular flexibility index (Phi) is 6.57. The minimum Gasteiger partial charge on any atom is -0.383 e. The average molecular weight is 354 g/mol. The number of nitrogens with zero attached hydrogens (tertiary/aromatic N) is 2. The molecule has 6 heteroatoms. The Morgan fingerprint density at radius 1 is 1.19 bits per heavy atom. The summed E-state index contributed by atoms with van der Waals surface area (Å²) in [6, 6.07) is 13.5. The summed E-state index contributed by atoms with van der Waals surface area (Å²) in [6.45, 7) is 7.38. The molecule has 0 bridgehead atoms. The van der Waals surface area contributed by atoms with Crippen molar-refractivity contribution in [3.63, 3.8) is 0 Å². The summed E-state index contributed by atoms with van der Waals surface area (Å²) in [4.78, 5) is 19.0. The highest BCUT2D eigenvalue weighted by Crippen LogP contribution is 2.12. The van der Waals surface area contributed by atoms with E-state index in [0.29, 0.717) is 5.69 Å². The van der Waals surface area contributed by atoms with E-state index >= 15 is 0 Å². The van der Waals surface area contributed by atoms with Crippen molar-refractivity contribution in [2.45, 2.75) is 13.0 Å². The van der Waals surface area contributed by atoms with Crippen molar-refractivity contribution in [3.05, 3.63) is 59.9 Å². The molecule has 1 atom stereocenters. The van der Waals surface area contributed by atoms with Crippen molar-refractivity contribution in [3.8, 4) is 0 Å². The molecule has 6 nitrogen and oxygen atoms in total. The van der Waals surface area contributed by atoms with Gasteiger partial charge in [-0.2, -0.15) is 0 Å². The van der Waals surface area contributed by atoms with Gasteiger partial charge in [0.25, 0.3) is 5.91 Å². The predicted octanol–water partition coefficient (Wildman–Crippen LogP) is 2.32. The average Bonchev–Trinajstić information content (AvgIpc) is 2.70. The second-order valence-corrected chi connectivity index (χ2v) is 6.42. The summed E-state index contributed by atoms with van der Waals surface area (Å²) in [6.07, 6.45) is 1.71. The van der Waals surface area contributed by atoms with Gasteiger partial charge in [0.05, 0.1) is 31.1 Å². The molecule has 1 fully saturated rings. The van der Waals surface area contributed by atoms with Gasteiger partial charge < -0.3 is 15.4 Å². The van der Waals surface area contributed by atoms with E-state index in [1.54, 1.807) is 12.3 Å². The van der Waals surface area contributed by atoms with E-state index in [9.17, 15) is 4.79 Å². The topological polar surface area (TPSA) is 66.5 Å². The normalized spacial score (nSPS) is 16.0. The lowest BCUT2D eigenvalue weighted by molar-refractivity contribution is 0.0398. The van der Waals surface area contributed by atoms with Gasteiger partial charge in [0.2, 0.25) is 0 Å². The molecule has 0 spiro atoms. The fourth-order valence-corrected chi connectivity index (χ4v) is 2.91. The monoisotopic (exact) mass is 354 g/mol. The van der Waals surface area contributed by atoms with Crippen LogP contribution in [0.4, 0.5) is 5.69 Å². The number of carbonyl (C=O) groups is 1. The van der Waals surface area contributed by atoms with Crippen LogP contribution in [0.25, 0.3) is 0 Å². The van der Waals surface area contributed by atoms with E-state index in [1.165, 1.54) is 0 Å². The number of anilines is 1. The van der Waals surface area contributed by atoms with Crippen molar-refractivity contribution >= 4 is 11.6 Å². The van der Waals surface area contributed by atoms with Gasteiger partial charge in [-0.3, -0.25) is 9.69 Å². The molecule has 1 aliphatic rings. The fraction of sp³-hybridized carbons (Fsp3) is 0.400. The number of hydrogen-bond donors (Lipinski definition) is 2. The van der Waals surface area contributed by atoms with Gasteiger partial charge >= 0.3 is 0 Å². The summed E-state index contributed by atoms with van der Waals surface area (Å²) in [5.74, 6) is -0.166. The van der Waals surface area contributed by atoms with Crippen LogP contribution in [-0.4, -0.2) is 55.2 Å². The van der Waals surface area contributed by atoms with E-state index in [0.717, 1.165) is 50.6 Å². The van der Waals surface area contributed by atoms with Crippen LogP contribution in [0.5, 0.6) is 0 Å². The third-order valence-electron chi connectivity index (χ3n) is 4.50. The third-order valence-corrected chi connectivity index (χ3v) is 4.50. The van der Waals surface area contributed by atoms with Gasteiger partial charge in [0.15, 0.2) is 0 Å². The first-order chi connectivity index (χ1) is 12.7. The van der Waals surface area contributed by atoms with Crippen LogP contribution >= 0.6 is 0 Å². The molecular formula is C20H26N4O2. The van der Waals surface area contributed by atoms with Gasteiger partial charge in [0, 0.05) is 26.2 Å². The zero-order valence-electron chi connectivity index (χ0n) is 15.1. The number of nitrogens with one attached hydrogen (secondary N) is 2. The molecule has 3 rings (SSSR count). The van der Waals surface area contributed by atoms with Crippen LogP contribution in [0.3, 0.4) is 0 Å². The minimum atomic E-state index is -0.166. The first-order valence-corrected chi connectivity index (χ1v) is 9.08. The van der Waals surface area contributed by atoms with E-state index in [1.807, 2.05) is 43.3 Å². The second-order valence-electron chi connectivity index (χ2n) is 6.42. The lowest BCUT2D eigenvalue weighted by atomic mass is 10.1. The van der Waals surface area contributed by atoms with Crippen molar-refractivity contribution < 1.29 is 9.53 Å². The minimum absolute atomic E-state index is 0.0585. The number of rotatable bonds is 7. The number of benzene rings is 1. The Morgan fingerprint density at radius 2 is 1.96 bits per heavy atom. The largest absolute Gasteiger partial charge is 0.383 e. The third kappa shape index (κ3) is 5.28. The molecule has 1 unspecified atom stereocenters. The molecule has 1 amide bonds. The molecule has 138 valence electrons. The lowest BCUT2D eigenvalue weighted by Crippen LogP contribution is -2.39. The van der Waals surface area contributed by atoms with E-state index < -0.39 is 0 Å². The molecular weight excluding hydrogens is 328 g/mol. The second kappa shape index (κ2) is 9.31. The standard InChI is InChI=1S/C20H26N4O2/c1-16(17-5-3-2-4-6-17)23-20(25)19-8-7-18(15-22-19)21-9-10-24-11-13-26-14-12-24/h2-8,15-16,21H,9-14H2,1H3,(H,23,25). The highest BCUT2D eigenvalue weighted by atomic mass is 16.5. The summed E-state index contributed by atoms with van der Waals surface area (Å²) in [5.41, 5.74) is 2.42. The van der Waals surface area contributed by atoms with Gasteiger partial charge in [-0.15, -0.1) is 0 Å². The van der Waals surface area contributed by atoms with Gasteiger partial charge in [-0.25, -0.2) is 4.98 Å². The smallest absolute Gasteiger partial charge is 0.270 e. The summed E-state index contributed by atoms with van der Waals surface area (Å²) in [7, 11) is 0. The first-order valence-electron chi connectivity index (χ1n) is 9.08. The van der Waals surface area contributed by atoms with Crippen LogP contribution in [0, 0.1) is 0 Å². The molecule has 0 aliphatic carbocycles. The van der Waals surface area contributed by atoms with E-state index in [2.05, 4.69) is 20.5 Å². The Balaban J connectivity index is 1.46. The quantitative estimate of drug-likeness (QED) is 0.799. The van der Waals surface area contributed by atoms with Gasteiger partial charge in [0.1, 0.15) is 5.69 Å². The highest BCUT2D eigenvalue weighted by Gasteiger charge is 2.12. The van der Waals surface area contributed by atoms with E-state index in [-0.39, 0.29) is 11.9 Å². The summed E-state index contributed by atoms with van der Waals surface area (Å²) < 4.78 is 5.35. The summed E-state index contributed by atoms with van der Waals surface area (Å²) in [5, 5.41) is 6.33. The van der Waals surface area contributed by atoms with Crippen LogP contribution < -0.4 is 10.6 Å². The van der Waals surface area contributed by atoms with E-state index in [4.69, 9.17) is 4.74 Å². The number of pyridine rings is 1. The van der Waals surface area contributed by atoms with Gasteiger partial charge in [-0.1, -0.05) is 30.3 Å². The zero-order valence-corrected chi connectivity index (χ0v) is 15.1. The molecule has 0 radical (unpaired) electrons. The maximum atomic E-state index is 12.3. The Hall–Kier alpha value is -2.44. The maximum absolute atomic E-state index is 12.3. The number of amides is 1. The van der Waals surface area contributed by atoms with Crippen LogP contribution in [-0.2, 0) is 4.74 Å². The number of morpholine rings is 1. The van der Waals surface area contributed by atoms with Crippen molar-refractivity contribution in [2.24, 2.45) is 0 Å². The van der Waals surface area contributed by atoms with Crippen LogP contribution in [0.2, 0.25) is 0 Å². The molecule has 2 heterocycles. The molecule has 1 aromatic heterocycles. The molecule has 1 aromatic carbocycles. The number of ether oxygens (including phenoxy) is 1. The number of aromatic nitrogens is 1. The van der Waals surface area contributed by atoms with Crippen molar-refractivity contribution in [2.75, 3.05) is 44.7 Å². The van der Waals surface area contributed by atoms with Crippen molar-refractivity contribution in [1.82, 2.24) is 15.2 Å². The number of carbonyl (C=O) groups excluding carboxylic acids is 1. The SMILES string of the molecule is CC(NC(=O)c1ccc(NCCN2CCOCC2)cn1)c1ccccc1. The lowest BCUT2D eigenvalue weighted by Gasteiger charge is -2.26. The molecule has 1 saturated heterocycles. The van der Waals surface area contributed by atoms with Crippen LogP contribution in [0.15, 0.2) is 48.7 Å². The molecule has 0 saturated carbocycles. The molecule has 26 heavy (non-hydrogen) atoms. The molecule has 1 aliphatic heterocycles. The molecule has 2 N–H and O–H groups in total. The number of hydrogen-bond acceptors (Lipinski definition) is 5. The zero-order chi connectivity index (χ0) is 18.2. The Morgan fingerprint density at radius 3 is 2.65 bits per heavy atom. The van der Waals surface area contributed by atoms with Crippen molar-refractivity contribution in [1.29, 1.82) is 0 Å².